The van der Waals surface area contributed by atoms with Crippen LogP contribution in [0.15, 0.2) is 65.6 Å². The van der Waals surface area contributed by atoms with Crippen molar-refractivity contribution < 1.29 is 31.1 Å². The second-order valence-electron chi connectivity index (χ2n) is 6.93. The number of sulfonamides is 1. The Kier molecular flexibility index (Phi) is 6.39. The lowest BCUT2D eigenvalue weighted by Crippen LogP contribution is -2.30. The molecular weight excluding hydrogens is 475 g/mol. The molecule has 0 fully saturated rings. The summed E-state index contributed by atoms with van der Waals surface area (Å²) >= 11 is 0. The van der Waals surface area contributed by atoms with Crippen LogP contribution in [-0.4, -0.2) is 48.5 Å². The largest absolute Gasteiger partial charge is 0.497 e. The number of nitrogens with zero attached hydrogens (tertiary/aromatic N) is 4. The van der Waals surface area contributed by atoms with E-state index in [0.29, 0.717) is 23.3 Å². The molecule has 4 rings (SSSR count). The van der Waals surface area contributed by atoms with Crippen LogP contribution in [0.5, 0.6) is 11.6 Å². The van der Waals surface area contributed by atoms with Crippen molar-refractivity contribution in [2.24, 2.45) is 0 Å². The quantitative estimate of drug-likeness (QED) is 0.376. The van der Waals surface area contributed by atoms with E-state index in [-0.39, 0.29) is 19.0 Å². The van der Waals surface area contributed by atoms with Crippen molar-refractivity contribution in [1.29, 1.82) is 0 Å². The molecule has 0 aliphatic rings. The fourth-order valence-electron chi connectivity index (χ4n) is 3.11. The molecule has 4 aromatic rings. The lowest BCUT2D eigenvalue weighted by molar-refractivity contribution is -0.139. The molecule has 0 amide bonds. The molecule has 1 N–H and O–H groups in total. The van der Waals surface area contributed by atoms with Gasteiger partial charge in [-0.3, -0.25) is 0 Å². The van der Waals surface area contributed by atoms with E-state index in [9.17, 15) is 21.6 Å². The topological polar surface area (TPSA) is 108 Å². The van der Waals surface area contributed by atoms with Gasteiger partial charge in [-0.1, -0.05) is 12.1 Å². The van der Waals surface area contributed by atoms with Crippen molar-refractivity contribution in [2.75, 3.05) is 20.3 Å². The van der Waals surface area contributed by atoms with Crippen molar-refractivity contribution in [3.8, 4) is 23.0 Å². The molecule has 0 unspecified atom stereocenters. The van der Waals surface area contributed by atoms with Crippen LogP contribution in [0.1, 0.15) is 5.56 Å². The lowest BCUT2D eigenvalue weighted by Gasteiger charge is -2.13. The van der Waals surface area contributed by atoms with Gasteiger partial charge in [0.15, 0.2) is 11.5 Å². The van der Waals surface area contributed by atoms with E-state index < -0.39 is 26.7 Å². The number of hydrogen-bond acceptors (Lipinski definition) is 7. The maximum absolute atomic E-state index is 13.1. The Morgan fingerprint density at radius 3 is 2.44 bits per heavy atom. The normalized spacial score (nSPS) is 12.1. The molecule has 2 aromatic carbocycles. The van der Waals surface area contributed by atoms with Crippen LogP contribution in [0.25, 0.3) is 17.0 Å². The Labute approximate surface area is 192 Å². The van der Waals surface area contributed by atoms with Crippen molar-refractivity contribution in [3.05, 3.63) is 66.2 Å². The summed E-state index contributed by atoms with van der Waals surface area (Å²) in [5, 5.41) is 12.5. The minimum absolute atomic E-state index is 0.150. The van der Waals surface area contributed by atoms with Gasteiger partial charge in [0.1, 0.15) is 12.4 Å². The zero-order chi connectivity index (χ0) is 24.3. The van der Waals surface area contributed by atoms with Crippen molar-refractivity contribution in [3.63, 3.8) is 0 Å². The minimum atomic E-state index is -4.80. The van der Waals surface area contributed by atoms with Crippen LogP contribution in [0.2, 0.25) is 0 Å². The van der Waals surface area contributed by atoms with Gasteiger partial charge in [-0.2, -0.15) is 17.7 Å². The average molecular weight is 493 g/mol. The zero-order valence-corrected chi connectivity index (χ0v) is 18.5. The standard InChI is InChI=1S/C21H18F3N5O4S/c1-32-15-8-6-14(7-9-15)20-27-26-18-10-11-19(28-29(18)20)33-13-12-25-34(30,31)17-5-3-2-4-16(17)21(22,23)24/h2-11,25H,12-13H2,1H3. The summed E-state index contributed by atoms with van der Waals surface area (Å²) in [4.78, 5) is -0.851. The van der Waals surface area contributed by atoms with Crippen molar-refractivity contribution >= 4 is 15.7 Å². The monoisotopic (exact) mass is 493 g/mol. The molecule has 0 saturated carbocycles. The molecule has 2 aromatic heterocycles. The van der Waals surface area contributed by atoms with Gasteiger partial charge in [-0.05, 0) is 42.5 Å². The number of methoxy groups -OCH3 is 1. The molecule has 0 saturated heterocycles. The van der Waals surface area contributed by atoms with Gasteiger partial charge in [0.05, 0.1) is 17.6 Å². The van der Waals surface area contributed by atoms with Crippen LogP contribution in [0, 0.1) is 0 Å². The lowest BCUT2D eigenvalue weighted by atomic mass is 10.2. The molecule has 0 aliphatic carbocycles. The Hall–Kier alpha value is -3.71. The SMILES string of the molecule is COc1ccc(-c2nnc3ccc(OCCNS(=O)(=O)c4ccccc4C(F)(F)F)nn23)cc1. The molecule has 0 spiro atoms. The molecule has 9 nitrogen and oxygen atoms in total. The Morgan fingerprint density at radius 1 is 1.00 bits per heavy atom. The number of hydrogen-bond donors (Lipinski definition) is 1. The third-order valence-corrected chi connectivity index (χ3v) is 6.23. The molecule has 0 atom stereocenters. The first-order valence-electron chi connectivity index (χ1n) is 9.84. The minimum Gasteiger partial charge on any atom is -0.497 e. The van der Waals surface area contributed by atoms with Gasteiger partial charge in [-0.15, -0.1) is 15.3 Å². The Morgan fingerprint density at radius 2 is 1.74 bits per heavy atom. The number of halogens is 3. The van der Waals surface area contributed by atoms with Gasteiger partial charge in [0.2, 0.25) is 15.9 Å². The third-order valence-electron chi connectivity index (χ3n) is 4.71. The molecule has 178 valence electrons. The van der Waals surface area contributed by atoms with Crippen LogP contribution in [0.3, 0.4) is 0 Å². The summed E-state index contributed by atoms with van der Waals surface area (Å²) in [6.45, 7) is -0.451. The van der Waals surface area contributed by atoms with E-state index in [1.165, 1.54) is 16.6 Å². The smallest absolute Gasteiger partial charge is 0.417 e. The summed E-state index contributed by atoms with van der Waals surface area (Å²) in [5.74, 6) is 1.28. The number of rotatable bonds is 8. The second-order valence-corrected chi connectivity index (χ2v) is 8.67. The van der Waals surface area contributed by atoms with E-state index in [4.69, 9.17) is 9.47 Å². The third kappa shape index (κ3) is 4.94. The number of aromatic nitrogens is 4. The first kappa shape index (κ1) is 23.4. The zero-order valence-electron chi connectivity index (χ0n) is 17.7. The number of fused-ring (bicyclic) bond motifs is 1. The summed E-state index contributed by atoms with van der Waals surface area (Å²) in [5.41, 5.74) is -0.0501. The van der Waals surface area contributed by atoms with Gasteiger partial charge in [0, 0.05) is 18.2 Å². The highest BCUT2D eigenvalue weighted by Crippen LogP contribution is 2.33. The van der Waals surface area contributed by atoms with Gasteiger partial charge in [0.25, 0.3) is 0 Å². The predicted molar refractivity (Wildman–Crippen MR) is 115 cm³/mol. The molecule has 0 bridgehead atoms. The first-order chi connectivity index (χ1) is 16.2. The van der Waals surface area contributed by atoms with Gasteiger partial charge >= 0.3 is 6.18 Å². The number of benzene rings is 2. The first-order valence-corrected chi connectivity index (χ1v) is 11.3. The fourth-order valence-corrected chi connectivity index (χ4v) is 4.35. The van der Waals surface area contributed by atoms with Crippen LogP contribution < -0.4 is 14.2 Å². The highest BCUT2D eigenvalue weighted by atomic mass is 32.2. The molecule has 0 aliphatic heterocycles. The fraction of sp³-hybridized carbons (Fsp3) is 0.190. The number of alkyl halides is 3. The summed E-state index contributed by atoms with van der Waals surface area (Å²) in [6, 6.07) is 14.2. The van der Waals surface area contributed by atoms with Gasteiger partial charge in [-0.25, -0.2) is 13.1 Å². The van der Waals surface area contributed by atoms with E-state index in [1.54, 1.807) is 37.4 Å². The van der Waals surface area contributed by atoms with Crippen LogP contribution >= 0.6 is 0 Å². The van der Waals surface area contributed by atoms with Crippen molar-refractivity contribution in [1.82, 2.24) is 24.5 Å². The predicted octanol–water partition coefficient (Wildman–Crippen LogP) is 3.18. The second kappa shape index (κ2) is 9.27. The number of nitrogens with one attached hydrogen (secondary N) is 1. The van der Waals surface area contributed by atoms with Crippen LogP contribution in [-0.2, 0) is 16.2 Å². The summed E-state index contributed by atoms with van der Waals surface area (Å²) < 4.78 is 78.4. The number of ether oxygens (including phenoxy) is 2. The van der Waals surface area contributed by atoms with E-state index in [0.717, 1.165) is 17.7 Å². The van der Waals surface area contributed by atoms with Gasteiger partial charge < -0.3 is 9.47 Å². The van der Waals surface area contributed by atoms with E-state index >= 15 is 0 Å². The highest BCUT2D eigenvalue weighted by Gasteiger charge is 2.36. The maximum atomic E-state index is 13.1. The average Bonchev–Trinajstić information content (AvgIpc) is 3.25. The molecule has 2 heterocycles. The molecule has 34 heavy (non-hydrogen) atoms. The summed E-state index contributed by atoms with van der Waals surface area (Å²) in [6.07, 6.45) is -4.80. The van der Waals surface area contributed by atoms with E-state index in [2.05, 4.69) is 20.0 Å². The molecule has 0 radical (unpaired) electrons. The summed E-state index contributed by atoms with van der Waals surface area (Å²) in [7, 11) is -2.85. The van der Waals surface area contributed by atoms with Crippen molar-refractivity contribution in [2.45, 2.75) is 11.1 Å². The molecular formula is C21H18F3N5O4S. The highest BCUT2D eigenvalue weighted by molar-refractivity contribution is 7.89. The Balaban J connectivity index is 1.44. The van der Waals surface area contributed by atoms with E-state index in [1.807, 2.05) is 0 Å². The molecule has 13 heteroatoms. The van der Waals surface area contributed by atoms with Crippen LogP contribution in [0.4, 0.5) is 13.2 Å². The Bertz CT molecular complexity index is 1410. The maximum Gasteiger partial charge on any atom is 0.417 e.